The van der Waals surface area contributed by atoms with Crippen LogP contribution in [0.3, 0.4) is 0 Å². The van der Waals surface area contributed by atoms with Crippen LogP contribution >= 0.6 is 0 Å². The summed E-state index contributed by atoms with van der Waals surface area (Å²) in [5.74, 6) is 0.292. The standard InChI is InChI=1S/C18H22N4O3/c1-10(2)13-7-14(16(24)8-15(13)23)17-20-21-18(25)22(17)12-5-3-11(9-19)4-6-12/h3-5,7-8,10,12,23-24H,6,9,19H2,1-2H3,(H,21,25). The molecule has 0 fully saturated rings. The van der Waals surface area contributed by atoms with Gasteiger partial charge in [0.2, 0.25) is 0 Å². The fourth-order valence-electron chi connectivity index (χ4n) is 3.03. The van der Waals surface area contributed by atoms with Crippen molar-refractivity contribution in [2.75, 3.05) is 6.54 Å². The van der Waals surface area contributed by atoms with Crippen molar-refractivity contribution in [2.24, 2.45) is 5.73 Å². The molecule has 0 bridgehead atoms. The Labute approximate surface area is 145 Å². The topological polar surface area (TPSA) is 117 Å². The first-order valence-corrected chi connectivity index (χ1v) is 8.22. The molecule has 1 aliphatic rings. The van der Waals surface area contributed by atoms with Crippen LogP contribution in [0.15, 0.2) is 40.7 Å². The maximum Gasteiger partial charge on any atom is 0.344 e. The van der Waals surface area contributed by atoms with E-state index < -0.39 is 0 Å². The number of hydrogen-bond donors (Lipinski definition) is 4. The first-order chi connectivity index (χ1) is 11.9. The number of aromatic amines is 1. The summed E-state index contributed by atoms with van der Waals surface area (Å²) in [4.78, 5) is 12.3. The highest BCUT2D eigenvalue weighted by atomic mass is 16.3. The molecule has 25 heavy (non-hydrogen) atoms. The van der Waals surface area contributed by atoms with Crippen LogP contribution in [0.2, 0.25) is 0 Å². The molecule has 1 aromatic carbocycles. The Hall–Kier alpha value is -2.80. The summed E-state index contributed by atoms with van der Waals surface area (Å²) < 4.78 is 1.51. The second kappa shape index (κ2) is 6.60. The molecule has 1 unspecified atom stereocenters. The zero-order valence-corrected chi connectivity index (χ0v) is 14.2. The van der Waals surface area contributed by atoms with Crippen molar-refractivity contribution >= 4 is 0 Å². The van der Waals surface area contributed by atoms with Gasteiger partial charge in [0.05, 0.1) is 11.6 Å². The van der Waals surface area contributed by atoms with Crippen LogP contribution in [0, 0.1) is 0 Å². The molecule has 1 aromatic heterocycles. The van der Waals surface area contributed by atoms with E-state index in [1.54, 1.807) is 6.07 Å². The van der Waals surface area contributed by atoms with Crippen LogP contribution in [0.1, 0.15) is 37.8 Å². The van der Waals surface area contributed by atoms with E-state index in [2.05, 4.69) is 10.2 Å². The third-order valence-electron chi connectivity index (χ3n) is 4.43. The summed E-state index contributed by atoms with van der Waals surface area (Å²) in [7, 11) is 0. The monoisotopic (exact) mass is 342 g/mol. The van der Waals surface area contributed by atoms with Crippen molar-refractivity contribution in [3.63, 3.8) is 0 Å². The maximum atomic E-state index is 12.3. The summed E-state index contributed by atoms with van der Waals surface area (Å²) in [6.07, 6.45) is 6.41. The summed E-state index contributed by atoms with van der Waals surface area (Å²) >= 11 is 0. The number of benzene rings is 1. The van der Waals surface area contributed by atoms with Gasteiger partial charge in [-0.15, -0.1) is 0 Å². The van der Waals surface area contributed by atoms with Gasteiger partial charge in [0.1, 0.15) is 11.5 Å². The van der Waals surface area contributed by atoms with E-state index in [1.165, 1.54) is 10.6 Å². The van der Waals surface area contributed by atoms with Crippen LogP contribution in [0.5, 0.6) is 11.5 Å². The zero-order valence-electron chi connectivity index (χ0n) is 14.2. The van der Waals surface area contributed by atoms with Crippen molar-refractivity contribution in [3.05, 3.63) is 52.0 Å². The Morgan fingerprint density at radius 1 is 1.36 bits per heavy atom. The lowest BCUT2D eigenvalue weighted by atomic mass is 9.98. The Morgan fingerprint density at radius 3 is 2.72 bits per heavy atom. The molecular formula is C18H22N4O3. The molecule has 3 rings (SSSR count). The van der Waals surface area contributed by atoms with Crippen molar-refractivity contribution < 1.29 is 10.2 Å². The average molecular weight is 342 g/mol. The number of allylic oxidation sites excluding steroid dienone is 2. The van der Waals surface area contributed by atoms with Crippen LogP contribution in [0.4, 0.5) is 0 Å². The molecule has 0 spiro atoms. The molecule has 1 aliphatic carbocycles. The lowest BCUT2D eigenvalue weighted by Gasteiger charge is -2.19. The molecule has 0 saturated carbocycles. The molecule has 0 saturated heterocycles. The Morgan fingerprint density at radius 2 is 2.12 bits per heavy atom. The quantitative estimate of drug-likeness (QED) is 0.679. The van der Waals surface area contributed by atoms with Gasteiger partial charge in [0.25, 0.3) is 0 Å². The number of H-pyrrole nitrogens is 1. The van der Waals surface area contributed by atoms with Crippen LogP contribution in [-0.2, 0) is 0 Å². The number of hydrogen-bond acceptors (Lipinski definition) is 5. The molecule has 7 nitrogen and oxygen atoms in total. The van der Waals surface area contributed by atoms with Gasteiger partial charge in [-0.3, -0.25) is 4.57 Å². The minimum absolute atomic E-state index is 0.0220. The molecule has 7 heteroatoms. The predicted octanol–water partition coefficient (Wildman–Crippen LogP) is 2.16. The van der Waals surface area contributed by atoms with Crippen molar-refractivity contribution in [3.8, 4) is 22.9 Å². The summed E-state index contributed by atoms with van der Waals surface area (Å²) in [6, 6.07) is 2.75. The number of phenols is 2. The number of phenolic OH excluding ortho intramolecular Hbond substituents is 2. The van der Waals surface area contributed by atoms with Crippen molar-refractivity contribution in [1.82, 2.24) is 14.8 Å². The number of nitrogens with one attached hydrogen (secondary N) is 1. The van der Waals surface area contributed by atoms with Crippen molar-refractivity contribution in [1.29, 1.82) is 0 Å². The number of nitrogens with zero attached hydrogens (tertiary/aromatic N) is 2. The summed E-state index contributed by atoms with van der Waals surface area (Å²) in [5.41, 5.74) is 7.38. The molecule has 0 radical (unpaired) electrons. The largest absolute Gasteiger partial charge is 0.508 e. The fourth-order valence-corrected chi connectivity index (χ4v) is 3.03. The molecule has 0 amide bonds. The van der Waals surface area contributed by atoms with E-state index in [0.717, 1.165) is 5.57 Å². The highest BCUT2D eigenvalue weighted by molar-refractivity contribution is 5.67. The first-order valence-electron chi connectivity index (χ1n) is 8.22. The van der Waals surface area contributed by atoms with Crippen molar-refractivity contribution in [2.45, 2.75) is 32.2 Å². The maximum absolute atomic E-state index is 12.3. The van der Waals surface area contributed by atoms with Crippen LogP contribution in [0.25, 0.3) is 11.4 Å². The minimum atomic E-state index is -0.354. The first kappa shape index (κ1) is 17.0. The van der Waals surface area contributed by atoms with Gasteiger partial charge in [-0.2, -0.15) is 5.10 Å². The van der Waals surface area contributed by atoms with Gasteiger partial charge in [-0.05, 0) is 29.5 Å². The van der Waals surface area contributed by atoms with Gasteiger partial charge in [-0.25, -0.2) is 9.89 Å². The second-order valence-corrected chi connectivity index (χ2v) is 6.45. The third-order valence-corrected chi connectivity index (χ3v) is 4.43. The Balaban J connectivity index is 2.09. The third kappa shape index (κ3) is 3.10. The lowest BCUT2D eigenvalue weighted by molar-refractivity contribution is 0.444. The van der Waals surface area contributed by atoms with E-state index in [4.69, 9.17) is 5.73 Å². The summed E-state index contributed by atoms with van der Waals surface area (Å²) in [6.45, 7) is 4.33. The second-order valence-electron chi connectivity index (χ2n) is 6.45. The molecule has 5 N–H and O–H groups in total. The molecule has 0 aliphatic heterocycles. The normalized spacial score (nSPS) is 17.1. The van der Waals surface area contributed by atoms with E-state index in [1.807, 2.05) is 32.1 Å². The van der Waals surface area contributed by atoms with Gasteiger partial charge in [-0.1, -0.05) is 32.1 Å². The van der Waals surface area contributed by atoms with Crippen LogP contribution in [-0.4, -0.2) is 31.5 Å². The number of aromatic nitrogens is 3. The molecule has 1 atom stereocenters. The minimum Gasteiger partial charge on any atom is -0.508 e. The van der Waals surface area contributed by atoms with E-state index in [0.29, 0.717) is 29.9 Å². The molecular weight excluding hydrogens is 320 g/mol. The lowest BCUT2D eigenvalue weighted by Crippen LogP contribution is -2.23. The van der Waals surface area contributed by atoms with Gasteiger partial charge in [0.15, 0.2) is 5.82 Å². The molecule has 1 heterocycles. The van der Waals surface area contributed by atoms with E-state index >= 15 is 0 Å². The Bertz CT molecular complexity index is 906. The van der Waals surface area contributed by atoms with Gasteiger partial charge in [0, 0.05) is 12.6 Å². The van der Waals surface area contributed by atoms with Gasteiger partial charge < -0.3 is 15.9 Å². The highest BCUT2D eigenvalue weighted by Gasteiger charge is 2.22. The predicted molar refractivity (Wildman–Crippen MR) is 95.6 cm³/mol. The summed E-state index contributed by atoms with van der Waals surface area (Å²) in [5, 5.41) is 26.9. The highest BCUT2D eigenvalue weighted by Crippen LogP contribution is 2.37. The molecule has 132 valence electrons. The van der Waals surface area contributed by atoms with Gasteiger partial charge >= 0.3 is 5.69 Å². The van der Waals surface area contributed by atoms with E-state index in [-0.39, 0.29) is 29.1 Å². The Kier molecular flexibility index (Phi) is 4.50. The number of rotatable bonds is 4. The smallest absolute Gasteiger partial charge is 0.344 e. The number of nitrogens with two attached hydrogens (primary N) is 1. The van der Waals surface area contributed by atoms with E-state index in [9.17, 15) is 15.0 Å². The SMILES string of the molecule is CC(C)c1cc(-c2n[nH]c(=O)n2C2C=CC(CN)=CC2)c(O)cc1O. The molecule has 2 aromatic rings. The number of aromatic hydroxyl groups is 2. The fraction of sp³-hybridized carbons (Fsp3) is 0.333. The average Bonchev–Trinajstić information content (AvgIpc) is 2.96. The zero-order chi connectivity index (χ0) is 18.1. The van der Waals surface area contributed by atoms with Crippen LogP contribution < -0.4 is 11.4 Å².